The van der Waals surface area contributed by atoms with E-state index in [-0.39, 0.29) is 11.8 Å². The molecule has 1 fully saturated rings. The molecule has 1 aromatic rings. The molecule has 0 unspecified atom stereocenters. The number of hydrogen-bond acceptors (Lipinski definition) is 2. The normalized spacial score (nSPS) is 23.4. The van der Waals surface area contributed by atoms with Crippen LogP contribution in [0.2, 0.25) is 0 Å². The van der Waals surface area contributed by atoms with Gasteiger partial charge in [-0.3, -0.25) is 9.78 Å². The summed E-state index contributed by atoms with van der Waals surface area (Å²) in [5, 5.41) is 3.08. The number of nitrogens with zero attached hydrogens (tertiary/aromatic N) is 1. The first-order valence-corrected chi connectivity index (χ1v) is 8.02. The number of unbranched alkanes of at least 4 members (excludes halogenated alkanes) is 1. The highest BCUT2D eigenvalue weighted by Crippen LogP contribution is 2.42. The summed E-state index contributed by atoms with van der Waals surface area (Å²) >= 11 is 0. The van der Waals surface area contributed by atoms with Gasteiger partial charge >= 0.3 is 0 Å². The van der Waals surface area contributed by atoms with Gasteiger partial charge in [0.15, 0.2) is 0 Å². The summed E-state index contributed by atoms with van der Waals surface area (Å²) in [6.07, 6.45) is 10.2. The largest absolute Gasteiger partial charge is 0.352 e. The van der Waals surface area contributed by atoms with Crippen LogP contribution in [0.1, 0.15) is 55.8 Å². The summed E-state index contributed by atoms with van der Waals surface area (Å²) in [5.74, 6) is 1.17. The van der Waals surface area contributed by atoms with Gasteiger partial charge in [0.2, 0.25) is 5.91 Å². The molecule has 0 aromatic carbocycles. The molecule has 1 aromatic heterocycles. The number of carbonyl (C=O) groups is 1. The third-order valence-electron chi connectivity index (χ3n) is 4.63. The third kappa shape index (κ3) is 3.02. The molecule has 3 heteroatoms. The lowest BCUT2D eigenvalue weighted by molar-refractivity contribution is -0.122. The zero-order chi connectivity index (χ0) is 13.9. The average molecular weight is 272 g/mol. The van der Waals surface area contributed by atoms with Crippen LogP contribution in [0.15, 0.2) is 12.3 Å². The Kier molecular flexibility index (Phi) is 4.04. The predicted molar refractivity (Wildman–Crippen MR) is 79.2 cm³/mol. The standard InChI is InChI=1S/C17H24N2O/c1-2-3-5-13-9-15(13)17(20)19-11-12-8-14-6-4-7-16(14)18-10-12/h8,10,13,15H,2-7,9,11H2,1H3,(H,19,20)/t13-,15+/m1/s1. The molecular formula is C17H24N2O. The Labute approximate surface area is 121 Å². The second-order valence-corrected chi connectivity index (χ2v) is 6.27. The molecule has 1 saturated carbocycles. The van der Waals surface area contributed by atoms with Crippen LogP contribution in [0.25, 0.3) is 0 Å². The SMILES string of the molecule is CCCC[C@@H]1C[C@@H]1C(=O)NCc1cnc2c(c1)CCC2. The lowest BCUT2D eigenvalue weighted by Crippen LogP contribution is -2.25. The Morgan fingerprint density at radius 3 is 3.20 bits per heavy atom. The second kappa shape index (κ2) is 5.94. The fraction of sp³-hybridized carbons (Fsp3) is 0.647. The van der Waals surface area contributed by atoms with Crippen LogP contribution in [0.4, 0.5) is 0 Å². The molecule has 1 N–H and O–H groups in total. The molecule has 0 spiro atoms. The van der Waals surface area contributed by atoms with E-state index in [1.807, 2.05) is 6.20 Å². The third-order valence-corrected chi connectivity index (χ3v) is 4.63. The molecule has 1 heterocycles. The average Bonchev–Trinajstić information content (AvgIpc) is 3.09. The Morgan fingerprint density at radius 1 is 1.45 bits per heavy atom. The second-order valence-electron chi connectivity index (χ2n) is 6.27. The van der Waals surface area contributed by atoms with Crippen molar-refractivity contribution in [1.82, 2.24) is 10.3 Å². The highest BCUT2D eigenvalue weighted by molar-refractivity contribution is 5.81. The van der Waals surface area contributed by atoms with Crippen molar-refractivity contribution in [3.05, 3.63) is 29.1 Å². The van der Waals surface area contributed by atoms with Crippen LogP contribution in [-0.2, 0) is 24.2 Å². The molecule has 2 atom stereocenters. The van der Waals surface area contributed by atoms with Crippen LogP contribution in [0.5, 0.6) is 0 Å². The van der Waals surface area contributed by atoms with Crippen LogP contribution in [0, 0.1) is 11.8 Å². The van der Waals surface area contributed by atoms with Crippen molar-refractivity contribution in [2.45, 2.75) is 58.4 Å². The van der Waals surface area contributed by atoms with Crippen LogP contribution in [-0.4, -0.2) is 10.9 Å². The van der Waals surface area contributed by atoms with Gasteiger partial charge in [-0.25, -0.2) is 0 Å². The van der Waals surface area contributed by atoms with Crippen molar-refractivity contribution in [3.8, 4) is 0 Å². The van der Waals surface area contributed by atoms with Gasteiger partial charge in [0, 0.05) is 24.4 Å². The zero-order valence-electron chi connectivity index (χ0n) is 12.3. The number of amides is 1. The van der Waals surface area contributed by atoms with Gasteiger partial charge in [0.1, 0.15) is 0 Å². The van der Waals surface area contributed by atoms with E-state index in [0.717, 1.165) is 24.8 Å². The molecule has 0 saturated heterocycles. The van der Waals surface area contributed by atoms with Gasteiger partial charge in [0.25, 0.3) is 0 Å². The molecule has 3 nitrogen and oxygen atoms in total. The summed E-state index contributed by atoms with van der Waals surface area (Å²) in [5.41, 5.74) is 3.77. The van der Waals surface area contributed by atoms with Crippen molar-refractivity contribution in [3.63, 3.8) is 0 Å². The maximum atomic E-state index is 12.1. The molecule has 3 rings (SSSR count). The molecular weight excluding hydrogens is 248 g/mol. The molecule has 20 heavy (non-hydrogen) atoms. The number of aryl methyl sites for hydroxylation is 2. The fourth-order valence-electron chi connectivity index (χ4n) is 3.25. The number of pyridine rings is 1. The minimum absolute atomic E-state index is 0.242. The number of aromatic nitrogens is 1. The van der Waals surface area contributed by atoms with E-state index in [1.54, 1.807) is 0 Å². The highest BCUT2D eigenvalue weighted by Gasteiger charge is 2.41. The molecule has 2 aliphatic carbocycles. The van der Waals surface area contributed by atoms with Gasteiger partial charge in [0.05, 0.1) is 0 Å². The summed E-state index contributed by atoms with van der Waals surface area (Å²) in [7, 11) is 0. The monoisotopic (exact) mass is 272 g/mol. The first-order chi connectivity index (χ1) is 9.78. The summed E-state index contributed by atoms with van der Waals surface area (Å²) in [6, 6.07) is 2.22. The van der Waals surface area contributed by atoms with E-state index >= 15 is 0 Å². The highest BCUT2D eigenvalue weighted by atomic mass is 16.2. The Bertz CT molecular complexity index is 498. The van der Waals surface area contributed by atoms with Gasteiger partial charge in [-0.15, -0.1) is 0 Å². The number of rotatable bonds is 6. The first-order valence-electron chi connectivity index (χ1n) is 8.02. The zero-order valence-corrected chi connectivity index (χ0v) is 12.3. The van der Waals surface area contributed by atoms with Crippen molar-refractivity contribution in [2.75, 3.05) is 0 Å². The van der Waals surface area contributed by atoms with Gasteiger partial charge < -0.3 is 5.32 Å². The van der Waals surface area contributed by atoms with Crippen LogP contribution >= 0.6 is 0 Å². The fourth-order valence-corrected chi connectivity index (χ4v) is 3.25. The smallest absolute Gasteiger partial charge is 0.223 e. The predicted octanol–water partition coefficient (Wildman–Crippen LogP) is 3.01. The van der Waals surface area contributed by atoms with Gasteiger partial charge in [-0.2, -0.15) is 0 Å². The maximum absolute atomic E-state index is 12.1. The Morgan fingerprint density at radius 2 is 2.35 bits per heavy atom. The Hall–Kier alpha value is -1.38. The number of carbonyl (C=O) groups excluding carboxylic acids is 1. The lowest BCUT2D eigenvalue weighted by atomic mass is 10.1. The van der Waals surface area contributed by atoms with Gasteiger partial charge in [-0.1, -0.05) is 25.8 Å². The van der Waals surface area contributed by atoms with E-state index < -0.39 is 0 Å². The minimum atomic E-state index is 0.242. The maximum Gasteiger partial charge on any atom is 0.223 e. The van der Waals surface area contributed by atoms with Gasteiger partial charge in [-0.05, 0) is 49.1 Å². The molecule has 0 aliphatic heterocycles. The molecule has 108 valence electrons. The molecule has 0 radical (unpaired) electrons. The van der Waals surface area contributed by atoms with E-state index in [4.69, 9.17) is 0 Å². The van der Waals surface area contributed by atoms with Crippen molar-refractivity contribution >= 4 is 5.91 Å². The minimum Gasteiger partial charge on any atom is -0.352 e. The van der Waals surface area contributed by atoms with Crippen LogP contribution < -0.4 is 5.32 Å². The van der Waals surface area contributed by atoms with Crippen molar-refractivity contribution in [1.29, 1.82) is 0 Å². The number of nitrogens with one attached hydrogen (secondary N) is 1. The summed E-state index contributed by atoms with van der Waals surface area (Å²) in [6.45, 7) is 2.84. The lowest BCUT2D eigenvalue weighted by Gasteiger charge is -2.07. The van der Waals surface area contributed by atoms with Crippen molar-refractivity contribution < 1.29 is 4.79 Å². The first kappa shape index (κ1) is 13.6. The summed E-state index contributed by atoms with van der Waals surface area (Å²) in [4.78, 5) is 16.6. The van der Waals surface area contributed by atoms with Crippen molar-refractivity contribution in [2.24, 2.45) is 11.8 Å². The Balaban J connectivity index is 1.47. The molecule has 0 bridgehead atoms. The van der Waals surface area contributed by atoms with E-state index in [0.29, 0.717) is 12.5 Å². The molecule has 1 amide bonds. The number of fused-ring (bicyclic) bond motifs is 1. The summed E-state index contributed by atoms with van der Waals surface area (Å²) < 4.78 is 0. The molecule has 2 aliphatic rings. The van der Waals surface area contributed by atoms with E-state index in [9.17, 15) is 4.79 Å². The quantitative estimate of drug-likeness (QED) is 0.865. The van der Waals surface area contributed by atoms with Crippen LogP contribution in [0.3, 0.4) is 0 Å². The van der Waals surface area contributed by atoms with E-state index in [2.05, 4.69) is 23.3 Å². The topological polar surface area (TPSA) is 42.0 Å². The van der Waals surface area contributed by atoms with E-state index in [1.165, 1.54) is 36.9 Å². The number of hydrogen-bond donors (Lipinski definition) is 1.